The van der Waals surface area contributed by atoms with E-state index in [-0.39, 0.29) is 12.2 Å². The number of benzene rings is 1. The fourth-order valence-corrected chi connectivity index (χ4v) is 2.93. The molecule has 10 nitrogen and oxygen atoms in total. The van der Waals surface area contributed by atoms with Gasteiger partial charge in [-0.05, 0) is 18.2 Å². The van der Waals surface area contributed by atoms with Crippen LogP contribution in [0.4, 0.5) is 4.79 Å². The van der Waals surface area contributed by atoms with Crippen molar-refractivity contribution in [1.29, 1.82) is 0 Å². The third-order valence-corrected chi connectivity index (χ3v) is 4.41. The Morgan fingerprint density at radius 1 is 1.10 bits per heavy atom. The molecule has 2 N–H and O–H groups in total. The summed E-state index contributed by atoms with van der Waals surface area (Å²) >= 11 is 1.23. The van der Waals surface area contributed by atoms with Crippen LogP contribution in [0.5, 0.6) is 11.5 Å². The number of carbonyl (C=O) groups is 3. The van der Waals surface area contributed by atoms with Crippen molar-refractivity contribution in [3.63, 3.8) is 0 Å². The van der Waals surface area contributed by atoms with Crippen molar-refractivity contribution < 1.29 is 33.3 Å². The third kappa shape index (κ3) is 6.43. The number of rotatable bonds is 9. The van der Waals surface area contributed by atoms with Gasteiger partial charge in [-0.25, -0.2) is 14.6 Å². The number of hydrogen-bond donors (Lipinski definition) is 2. The van der Waals surface area contributed by atoms with E-state index in [1.54, 1.807) is 18.2 Å². The largest absolute Gasteiger partial charge is 0.493 e. The Kier molecular flexibility index (Phi) is 8.37. The van der Waals surface area contributed by atoms with Crippen LogP contribution >= 0.6 is 11.3 Å². The van der Waals surface area contributed by atoms with Gasteiger partial charge in [-0.2, -0.15) is 0 Å². The van der Waals surface area contributed by atoms with E-state index in [9.17, 15) is 14.4 Å². The minimum atomic E-state index is -0.775. The van der Waals surface area contributed by atoms with E-state index in [2.05, 4.69) is 10.3 Å². The van der Waals surface area contributed by atoms with Crippen LogP contribution in [0.3, 0.4) is 0 Å². The Labute approximate surface area is 171 Å². The first-order valence-corrected chi connectivity index (χ1v) is 9.28. The molecule has 1 aromatic carbocycles. The normalized spacial score (nSPS) is 10.2. The van der Waals surface area contributed by atoms with Gasteiger partial charge in [0.25, 0.3) is 5.91 Å². The number of ether oxygens (including phenoxy) is 4. The monoisotopic (exact) mass is 423 g/mol. The smallest absolute Gasteiger partial charge is 0.358 e. The number of carbonyl (C=O) groups excluding carboxylic acids is 3. The first-order valence-electron chi connectivity index (χ1n) is 8.40. The maximum atomic E-state index is 12.1. The van der Waals surface area contributed by atoms with Crippen molar-refractivity contribution >= 4 is 29.2 Å². The number of hydrogen-bond acceptors (Lipinski definition) is 9. The summed E-state index contributed by atoms with van der Waals surface area (Å²) in [5, 5.41) is 6.53. The fraction of sp³-hybridized carbons (Fsp3) is 0.333. The Balaban J connectivity index is 1.91. The van der Waals surface area contributed by atoms with Gasteiger partial charge in [0.1, 0.15) is 5.01 Å². The topological polar surface area (TPSA) is 125 Å². The molecular weight excluding hydrogens is 402 g/mol. The van der Waals surface area contributed by atoms with Crippen LogP contribution in [0.15, 0.2) is 23.6 Å². The highest BCUT2D eigenvalue weighted by molar-refractivity contribution is 7.13. The molecule has 0 aliphatic rings. The van der Waals surface area contributed by atoms with Crippen LogP contribution in [0.2, 0.25) is 0 Å². The summed E-state index contributed by atoms with van der Waals surface area (Å²) in [6.07, 6.45) is 0. The molecule has 3 amide bonds. The van der Waals surface area contributed by atoms with E-state index >= 15 is 0 Å². The molecule has 0 saturated carbocycles. The molecule has 0 saturated heterocycles. The highest BCUT2D eigenvalue weighted by Crippen LogP contribution is 2.33. The molecule has 156 valence electrons. The van der Waals surface area contributed by atoms with Gasteiger partial charge in [0.15, 0.2) is 23.8 Å². The van der Waals surface area contributed by atoms with Gasteiger partial charge in [-0.3, -0.25) is 10.1 Å². The van der Waals surface area contributed by atoms with Crippen LogP contribution in [-0.4, -0.2) is 64.0 Å². The highest BCUT2D eigenvalue weighted by Gasteiger charge is 2.17. The van der Waals surface area contributed by atoms with E-state index < -0.39 is 24.5 Å². The zero-order valence-corrected chi connectivity index (χ0v) is 17.0. The number of methoxy groups -OCH3 is 3. The number of thiazole rings is 1. The predicted octanol–water partition coefficient (Wildman–Crippen LogP) is 1.46. The number of esters is 1. The molecule has 1 heterocycles. The summed E-state index contributed by atoms with van der Waals surface area (Å²) in [5.41, 5.74) is 0.786. The standard InChI is InChI=1S/C18H21N3O7S/c1-25-7-6-19-18(24)21-15(22)9-28-17(23)12-10-29-16(20-12)11-4-5-13(26-2)14(8-11)27-3/h4-5,8,10H,6-7,9H2,1-3H3,(H2,19,21,22,24). The minimum absolute atomic E-state index is 0.0529. The highest BCUT2D eigenvalue weighted by atomic mass is 32.1. The average Bonchev–Trinajstić information content (AvgIpc) is 3.22. The number of urea groups is 1. The lowest BCUT2D eigenvalue weighted by Gasteiger charge is -2.08. The zero-order valence-electron chi connectivity index (χ0n) is 16.1. The van der Waals surface area contributed by atoms with Gasteiger partial charge >= 0.3 is 12.0 Å². The van der Waals surface area contributed by atoms with Gasteiger partial charge in [0.05, 0.1) is 20.8 Å². The van der Waals surface area contributed by atoms with Gasteiger partial charge in [-0.1, -0.05) is 0 Å². The lowest BCUT2D eigenvalue weighted by molar-refractivity contribution is -0.123. The summed E-state index contributed by atoms with van der Waals surface area (Å²) < 4.78 is 20.1. The summed E-state index contributed by atoms with van der Waals surface area (Å²) in [6, 6.07) is 4.55. The molecule has 0 spiro atoms. The first-order chi connectivity index (χ1) is 14.0. The third-order valence-electron chi connectivity index (χ3n) is 3.52. The van der Waals surface area contributed by atoms with Crippen LogP contribution < -0.4 is 20.1 Å². The van der Waals surface area contributed by atoms with Gasteiger partial charge < -0.3 is 24.3 Å². The van der Waals surface area contributed by atoms with Crippen LogP contribution in [0.1, 0.15) is 10.5 Å². The first kappa shape index (κ1) is 22.1. The van der Waals surface area contributed by atoms with E-state index in [1.807, 2.05) is 5.32 Å². The van der Waals surface area contributed by atoms with Crippen LogP contribution in [0, 0.1) is 0 Å². The van der Waals surface area contributed by atoms with Gasteiger partial charge in [-0.15, -0.1) is 11.3 Å². The molecule has 11 heteroatoms. The van der Waals surface area contributed by atoms with Gasteiger partial charge in [0.2, 0.25) is 0 Å². The summed E-state index contributed by atoms with van der Waals surface area (Å²) in [6.45, 7) is -0.0598. The Morgan fingerprint density at radius 3 is 2.55 bits per heavy atom. The second-order valence-corrected chi connectivity index (χ2v) is 6.34. The molecule has 0 fully saturated rings. The van der Waals surface area contributed by atoms with Crippen molar-refractivity contribution in [2.45, 2.75) is 0 Å². The second-order valence-electron chi connectivity index (χ2n) is 5.48. The molecule has 0 aliphatic carbocycles. The number of nitrogens with one attached hydrogen (secondary N) is 2. The van der Waals surface area contributed by atoms with Gasteiger partial charge in [0, 0.05) is 24.6 Å². The van der Waals surface area contributed by atoms with Crippen LogP contribution in [-0.2, 0) is 14.3 Å². The Hall–Kier alpha value is -3.18. The molecule has 0 radical (unpaired) electrons. The van der Waals surface area contributed by atoms with E-state index in [0.29, 0.717) is 23.1 Å². The molecule has 1 aromatic heterocycles. The molecule has 0 unspecified atom stereocenters. The number of imide groups is 1. The van der Waals surface area contributed by atoms with Crippen molar-refractivity contribution in [2.24, 2.45) is 0 Å². The molecule has 29 heavy (non-hydrogen) atoms. The summed E-state index contributed by atoms with van der Waals surface area (Å²) in [7, 11) is 4.54. The second kappa shape index (κ2) is 11.0. The molecule has 0 aliphatic heterocycles. The van der Waals surface area contributed by atoms with E-state index in [0.717, 1.165) is 5.56 Å². The Bertz CT molecular complexity index is 869. The molecule has 2 aromatic rings. The van der Waals surface area contributed by atoms with Crippen molar-refractivity contribution in [3.8, 4) is 22.1 Å². The maximum Gasteiger partial charge on any atom is 0.358 e. The fourth-order valence-electron chi connectivity index (χ4n) is 2.15. The number of nitrogens with zero attached hydrogens (tertiary/aromatic N) is 1. The zero-order chi connectivity index (χ0) is 21.2. The quantitative estimate of drug-likeness (QED) is 0.459. The molecule has 0 atom stereocenters. The van der Waals surface area contributed by atoms with Crippen LogP contribution in [0.25, 0.3) is 10.6 Å². The van der Waals surface area contributed by atoms with E-state index in [4.69, 9.17) is 18.9 Å². The number of aromatic nitrogens is 1. The predicted molar refractivity (Wildman–Crippen MR) is 104 cm³/mol. The number of amides is 3. The maximum absolute atomic E-state index is 12.1. The summed E-state index contributed by atoms with van der Waals surface area (Å²) in [5.74, 6) is -0.430. The molecule has 2 rings (SSSR count). The average molecular weight is 423 g/mol. The molecule has 0 bridgehead atoms. The molecular formula is C18H21N3O7S. The van der Waals surface area contributed by atoms with Crippen molar-refractivity contribution in [3.05, 3.63) is 29.3 Å². The summed E-state index contributed by atoms with van der Waals surface area (Å²) in [4.78, 5) is 39.4. The minimum Gasteiger partial charge on any atom is -0.493 e. The lowest BCUT2D eigenvalue weighted by Crippen LogP contribution is -2.42. The van der Waals surface area contributed by atoms with Crippen molar-refractivity contribution in [2.75, 3.05) is 41.1 Å². The SMILES string of the molecule is COCCNC(=O)NC(=O)COC(=O)c1csc(-c2ccc(OC)c(OC)c2)n1. The van der Waals surface area contributed by atoms with E-state index in [1.165, 1.54) is 38.0 Å². The lowest BCUT2D eigenvalue weighted by atomic mass is 10.2. The van der Waals surface area contributed by atoms with Crippen molar-refractivity contribution in [1.82, 2.24) is 15.6 Å². The Morgan fingerprint density at radius 2 is 1.86 bits per heavy atom.